The first-order valence-corrected chi connectivity index (χ1v) is 18.0. The molecule has 277 valence electrons. The SMILES string of the molecule is CC(C)c1cccc(C(C)C)c1-n1c(-c2[c-]ccc3c2oc2ccccc23)nc2cncc(C(C)(C)C)c21.[2H]C([2H])([2H])c1c[c-]c(-c2ccc(C)cn2)c(F)c1.[Ir]. The summed E-state index contributed by atoms with van der Waals surface area (Å²) in [6.07, 6.45) is 5.51. The van der Waals surface area contributed by atoms with Crippen LogP contribution in [0.1, 0.15) is 92.2 Å². The van der Waals surface area contributed by atoms with Crippen LogP contribution in [0.2, 0.25) is 0 Å². The Labute approximate surface area is 335 Å². The van der Waals surface area contributed by atoms with Gasteiger partial charge in [0, 0.05) is 59.1 Å². The Balaban J connectivity index is 0.000000244. The molecule has 0 N–H and O–H groups in total. The van der Waals surface area contributed by atoms with E-state index < -0.39 is 12.7 Å². The summed E-state index contributed by atoms with van der Waals surface area (Å²) in [7, 11) is 0. The van der Waals surface area contributed by atoms with Crippen molar-refractivity contribution in [3.05, 3.63) is 143 Å². The number of fused-ring (bicyclic) bond motifs is 4. The van der Waals surface area contributed by atoms with Crippen LogP contribution >= 0.6 is 0 Å². The van der Waals surface area contributed by atoms with Gasteiger partial charge in [-0.25, -0.2) is 0 Å². The van der Waals surface area contributed by atoms with Gasteiger partial charge in [0.15, 0.2) is 0 Å². The zero-order chi connectivity index (χ0) is 40.1. The minimum Gasteiger partial charge on any atom is -0.501 e. The van der Waals surface area contributed by atoms with E-state index in [-0.39, 0.29) is 36.6 Å². The average Bonchev–Trinajstić information content (AvgIpc) is 3.73. The van der Waals surface area contributed by atoms with Crippen molar-refractivity contribution in [2.75, 3.05) is 0 Å². The van der Waals surface area contributed by atoms with Crippen molar-refractivity contribution in [1.29, 1.82) is 0 Å². The number of halogens is 1. The van der Waals surface area contributed by atoms with Gasteiger partial charge in [-0.05, 0) is 52.6 Å². The summed E-state index contributed by atoms with van der Waals surface area (Å²) in [5.41, 5.74) is 10.9. The van der Waals surface area contributed by atoms with Gasteiger partial charge in [-0.3, -0.25) is 14.4 Å². The van der Waals surface area contributed by atoms with Crippen LogP contribution in [0.15, 0.2) is 102 Å². The molecule has 0 fully saturated rings. The fourth-order valence-corrected chi connectivity index (χ4v) is 6.87. The van der Waals surface area contributed by atoms with Gasteiger partial charge >= 0.3 is 0 Å². The number of rotatable bonds is 5. The minimum absolute atomic E-state index is 0. The van der Waals surface area contributed by atoms with E-state index in [9.17, 15) is 4.39 Å². The van der Waals surface area contributed by atoms with Gasteiger partial charge in [-0.1, -0.05) is 120 Å². The van der Waals surface area contributed by atoms with E-state index in [1.54, 1.807) is 12.3 Å². The van der Waals surface area contributed by atoms with Crippen LogP contribution in [-0.2, 0) is 25.5 Å². The average molecular weight is 896 g/mol. The van der Waals surface area contributed by atoms with E-state index in [4.69, 9.17) is 13.5 Å². The van der Waals surface area contributed by atoms with Gasteiger partial charge in [-0.2, -0.15) is 0 Å². The molecule has 7 heteroatoms. The Morgan fingerprint density at radius 1 is 0.833 bits per heavy atom. The van der Waals surface area contributed by atoms with E-state index in [0.717, 1.165) is 56.0 Å². The number of nitrogens with zero attached hydrogens (tertiary/aromatic N) is 4. The molecule has 0 saturated carbocycles. The second-order valence-electron chi connectivity index (χ2n) is 15.2. The first-order valence-electron chi connectivity index (χ1n) is 19.5. The van der Waals surface area contributed by atoms with Crippen molar-refractivity contribution in [3.8, 4) is 28.3 Å². The third-order valence-corrected chi connectivity index (χ3v) is 9.56. The zero-order valence-electron chi connectivity index (χ0n) is 34.8. The van der Waals surface area contributed by atoms with Crippen LogP contribution in [0.25, 0.3) is 61.3 Å². The quantitative estimate of drug-likeness (QED) is 0.162. The van der Waals surface area contributed by atoms with Crippen molar-refractivity contribution in [3.63, 3.8) is 0 Å². The van der Waals surface area contributed by atoms with Crippen molar-refractivity contribution >= 4 is 33.0 Å². The van der Waals surface area contributed by atoms with Gasteiger partial charge < -0.3 is 14.0 Å². The molecular weight excluding hydrogens is 848 g/mol. The van der Waals surface area contributed by atoms with E-state index in [2.05, 4.69) is 112 Å². The van der Waals surface area contributed by atoms with Gasteiger partial charge in [0.1, 0.15) is 5.58 Å². The molecule has 0 aliphatic carbocycles. The van der Waals surface area contributed by atoms with Crippen LogP contribution < -0.4 is 0 Å². The third kappa shape index (κ3) is 7.28. The molecule has 4 aromatic heterocycles. The summed E-state index contributed by atoms with van der Waals surface area (Å²) in [4.78, 5) is 14.0. The zero-order valence-corrected chi connectivity index (χ0v) is 34.2. The third-order valence-electron chi connectivity index (χ3n) is 9.56. The fraction of sp³-hybridized carbons (Fsp3) is 0.255. The number of imidazole rings is 1. The van der Waals surface area contributed by atoms with Crippen LogP contribution in [0, 0.1) is 31.7 Å². The minimum atomic E-state index is -2.32. The van der Waals surface area contributed by atoms with E-state index >= 15 is 0 Å². The molecule has 54 heavy (non-hydrogen) atoms. The number of benzene rings is 4. The summed E-state index contributed by atoms with van der Waals surface area (Å²) >= 11 is 0. The Morgan fingerprint density at radius 2 is 1.57 bits per heavy atom. The summed E-state index contributed by atoms with van der Waals surface area (Å²) in [5, 5.41) is 2.17. The first-order chi connectivity index (χ1) is 26.5. The smallest absolute Gasteiger partial charge is 0.120 e. The van der Waals surface area contributed by atoms with E-state index in [1.807, 2.05) is 43.6 Å². The van der Waals surface area contributed by atoms with Gasteiger partial charge in [0.2, 0.25) is 0 Å². The maximum Gasteiger partial charge on any atom is 0.120 e. The summed E-state index contributed by atoms with van der Waals surface area (Å²) in [5.74, 6) is 0.873. The Kier molecular flexibility index (Phi) is 9.92. The molecule has 0 aliphatic heterocycles. The van der Waals surface area contributed by atoms with Crippen molar-refractivity contribution < 1.29 is 33.0 Å². The Morgan fingerprint density at radius 3 is 2.22 bits per heavy atom. The number of aryl methyl sites for hydroxylation is 2. The van der Waals surface area contributed by atoms with E-state index in [1.165, 1.54) is 28.4 Å². The molecule has 0 aliphatic rings. The number of pyridine rings is 2. The molecule has 8 rings (SSSR count). The van der Waals surface area contributed by atoms with Gasteiger partial charge in [0.25, 0.3) is 0 Å². The molecule has 0 saturated heterocycles. The predicted octanol–water partition coefficient (Wildman–Crippen LogP) is 12.6. The van der Waals surface area contributed by atoms with Crippen molar-refractivity contribution in [2.45, 2.75) is 79.5 Å². The molecule has 4 aromatic carbocycles. The molecule has 0 atom stereocenters. The van der Waals surface area contributed by atoms with Crippen LogP contribution in [0.3, 0.4) is 0 Å². The number of hydrogen-bond acceptors (Lipinski definition) is 4. The van der Waals surface area contributed by atoms with Crippen LogP contribution in [-0.4, -0.2) is 19.5 Å². The number of aromatic nitrogens is 4. The standard InChI is InChI=1S/C34H34N3O.C13H11FN.Ir/c1-20(2)22-13-10-14-23(21(3)4)30(22)37-31-27(34(5,6)7)18-35-19-28(31)36-33(37)26-16-11-15-25-24-12-8-9-17-29(24)38-32(25)26;1-9-3-5-11(12(14)7-9)13-6-4-10(2)8-15-13;/h8-15,17-21H,1-7H3;3-4,6-8H,1-2H3;/q2*-1;/i;1D3;. The fourth-order valence-electron chi connectivity index (χ4n) is 6.87. The topological polar surface area (TPSA) is 56.7 Å². The number of furan rings is 1. The van der Waals surface area contributed by atoms with E-state index in [0.29, 0.717) is 17.5 Å². The summed E-state index contributed by atoms with van der Waals surface area (Å²) < 4.78 is 44.3. The normalized spacial score (nSPS) is 12.8. The van der Waals surface area contributed by atoms with Crippen LogP contribution in [0.5, 0.6) is 0 Å². The second-order valence-corrected chi connectivity index (χ2v) is 15.2. The first kappa shape index (κ1) is 34.8. The van der Waals surface area contributed by atoms with Crippen molar-refractivity contribution in [2.24, 2.45) is 0 Å². The molecule has 0 spiro atoms. The van der Waals surface area contributed by atoms with Crippen LogP contribution in [0.4, 0.5) is 4.39 Å². The Hall–Kier alpha value is -4.97. The molecule has 0 unspecified atom stereocenters. The number of para-hydroxylation sites is 2. The van der Waals surface area contributed by atoms with Gasteiger partial charge in [-0.15, -0.1) is 42.0 Å². The Bertz CT molecular complexity index is 2680. The molecule has 1 radical (unpaired) electrons. The molecule has 0 bridgehead atoms. The number of hydrogen-bond donors (Lipinski definition) is 0. The molecule has 4 heterocycles. The maximum atomic E-state index is 13.8. The molecule has 8 aromatic rings. The summed E-state index contributed by atoms with van der Waals surface area (Å²) in [6, 6.07) is 30.9. The van der Waals surface area contributed by atoms with Crippen molar-refractivity contribution in [1.82, 2.24) is 19.5 Å². The molecule has 5 nitrogen and oxygen atoms in total. The molecular formula is C47H45FIrN4O-2. The van der Waals surface area contributed by atoms with Gasteiger partial charge in [0.05, 0.1) is 28.6 Å². The summed E-state index contributed by atoms with van der Waals surface area (Å²) in [6.45, 7) is 15.3. The monoisotopic (exact) mass is 896 g/mol. The predicted molar refractivity (Wildman–Crippen MR) is 215 cm³/mol. The second kappa shape index (κ2) is 15.4. The molecule has 0 amide bonds. The largest absolute Gasteiger partial charge is 0.501 e. The maximum absolute atomic E-state index is 13.8.